The number of likely N-dealkylation sites (tertiary alicyclic amines) is 1. The number of nitrogens with zero attached hydrogens (tertiary/aromatic N) is 3. The van der Waals surface area contributed by atoms with E-state index >= 15 is 0 Å². The van der Waals surface area contributed by atoms with Gasteiger partial charge in [0.25, 0.3) is 11.8 Å². The van der Waals surface area contributed by atoms with Gasteiger partial charge in [-0.2, -0.15) is 13.2 Å². The predicted octanol–water partition coefficient (Wildman–Crippen LogP) is 4.96. The van der Waals surface area contributed by atoms with Crippen LogP contribution in [0.3, 0.4) is 0 Å². The maximum Gasteiger partial charge on any atom is 0.417 e. The number of hydrogen-bond donors (Lipinski definition) is 1. The Balaban J connectivity index is 1.73. The molecular formula is C30H41F3N4O7. The van der Waals surface area contributed by atoms with E-state index in [1.807, 2.05) is 0 Å². The molecule has 1 spiro atoms. The summed E-state index contributed by atoms with van der Waals surface area (Å²) in [4.78, 5) is 56.3. The molecule has 0 bridgehead atoms. The van der Waals surface area contributed by atoms with E-state index < -0.39 is 64.6 Å². The van der Waals surface area contributed by atoms with E-state index in [0.717, 1.165) is 12.1 Å². The van der Waals surface area contributed by atoms with Gasteiger partial charge in [0.15, 0.2) is 5.60 Å². The third-order valence-corrected chi connectivity index (χ3v) is 8.05. The average Bonchev–Trinajstić information content (AvgIpc) is 2.90. The van der Waals surface area contributed by atoms with Gasteiger partial charge in [-0.3, -0.25) is 9.59 Å². The number of carbonyl (C=O) groups is 4. The van der Waals surface area contributed by atoms with Gasteiger partial charge in [0, 0.05) is 32.2 Å². The smallest absolute Gasteiger partial charge is 0.417 e. The van der Waals surface area contributed by atoms with Crippen LogP contribution in [0, 0.1) is 0 Å². The number of rotatable bonds is 6. The lowest BCUT2D eigenvalue weighted by Gasteiger charge is -2.47. The molecule has 0 aromatic heterocycles. The number of nitrogens with one attached hydrogen (secondary N) is 1. The minimum Gasteiger partial charge on any atom is -0.475 e. The molecule has 4 rings (SSSR count). The van der Waals surface area contributed by atoms with Crippen LogP contribution in [0.15, 0.2) is 12.1 Å². The van der Waals surface area contributed by atoms with Gasteiger partial charge >= 0.3 is 18.4 Å². The summed E-state index contributed by atoms with van der Waals surface area (Å²) in [6.45, 7) is 8.99. The van der Waals surface area contributed by atoms with Crippen molar-refractivity contribution in [2.75, 3.05) is 38.2 Å². The number of carbonyl (C=O) groups excluding carboxylic acids is 4. The monoisotopic (exact) mass is 626 g/mol. The largest absolute Gasteiger partial charge is 0.475 e. The SMILES string of the molecule is COC(=O)NCCN1C(=O)C2(CCC2)Oc2cc(C(F)(F)F)c(C(=O)N(C(C)C)[C@@H]3CCCN(C(=O)OC(C)(C)C)C3)cc21. The maximum atomic E-state index is 14.6. The molecule has 1 aromatic carbocycles. The normalized spacial score (nSPS) is 19.6. The summed E-state index contributed by atoms with van der Waals surface area (Å²) in [7, 11) is 1.18. The van der Waals surface area contributed by atoms with Crippen LogP contribution < -0.4 is 15.0 Å². The highest BCUT2D eigenvalue weighted by atomic mass is 19.4. The number of amides is 4. The number of anilines is 1. The number of hydrogen-bond acceptors (Lipinski definition) is 7. The van der Waals surface area contributed by atoms with E-state index in [4.69, 9.17) is 9.47 Å². The molecule has 11 nitrogen and oxygen atoms in total. The standard InChI is InChI=1S/C30H41F3N4O7/c1-18(2)37(19-9-7-13-35(17-19)27(41)44-28(3,4)5)24(38)20-15-22-23(16-21(20)30(31,32)33)43-29(10-8-11-29)25(39)36(22)14-12-34-26(40)42-6/h15-16,18-19H,7-14,17H2,1-6H3,(H,34,40)/t19-/m1/s1. The molecule has 0 radical (unpaired) electrons. The van der Waals surface area contributed by atoms with Gasteiger partial charge in [-0.25, -0.2) is 9.59 Å². The highest BCUT2D eigenvalue weighted by molar-refractivity contribution is 6.06. The summed E-state index contributed by atoms with van der Waals surface area (Å²) in [5.74, 6) is -1.48. The van der Waals surface area contributed by atoms with Crippen molar-refractivity contribution in [3.05, 3.63) is 23.3 Å². The molecule has 1 aromatic rings. The van der Waals surface area contributed by atoms with Crippen LogP contribution in [0.5, 0.6) is 5.75 Å². The second-order valence-electron chi connectivity index (χ2n) is 12.7. The van der Waals surface area contributed by atoms with Crippen LogP contribution in [0.1, 0.15) is 82.6 Å². The number of piperidine rings is 1. The van der Waals surface area contributed by atoms with Crippen molar-refractivity contribution in [3.63, 3.8) is 0 Å². The molecule has 1 saturated heterocycles. The van der Waals surface area contributed by atoms with E-state index in [0.29, 0.717) is 38.6 Å². The lowest BCUT2D eigenvalue weighted by molar-refractivity contribution is -0.143. The fourth-order valence-corrected chi connectivity index (χ4v) is 5.89. The van der Waals surface area contributed by atoms with Gasteiger partial charge in [0.05, 0.1) is 30.0 Å². The average molecular weight is 627 g/mol. The van der Waals surface area contributed by atoms with E-state index in [9.17, 15) is 32.3 Å². The lowest BCUT2D eigenvalue weighted by atomic mass is 9.77. The Hall–Kier alpha value is -3.71. The Kier molecular flexibility index (Phi) is 9.32. The molecule has 4 amide bonds. The van der Waals surface area contributed by atoms with Crippen molar-refractivity contribution in [2.45, 2.75) is 96.2 Å². The predicted molar refractivity (Wildman–Crippen MR) is 154 cm³/mol. The Bertz CT molecular complexity index is 1290. The summed E-state index contributed by atoms with van der Waals surface area (Å²) < 4.78 is 59.7. The molecule has 2 fully saturated rings. The molecule has 0 unspecified atom stereocenters. The molecule has 1 atom stereocenters. The van der Waals surface area contributed by atoms with Crippen LogP contribution in [-0.4, -0.2) is 90.4 Å². The number of ether oxygens (including phenoxy) is 3. The van der Waals surface area contributed by atoms with Crippen LogP contribution >= 0.6 is 0 Å². The minimum atomic E-state index is -4.91. The zero-order valence-electron chi connectivity index (χ0n) is 26.0. The van der Waals surface area contributed by atoms with Crippen molar-refractivity contribution < 1.29 is 46.6 Å². The third-order valence-electron chi connectivity index (χ3n) is 8.05. The number of methoxy groups -OCH3 is 1. The first-order chi connectivity index (χ1) is 20.5. The zero-order valence-corrected chi connectivity index (χ0v) is 26.0. The first-order valence-electron chi connectivity index (χ1n) is 14.9. The van der Waals surface area contributed by atoms with Gasteiger partial charge in [0.1, 0.15) is 11.4 Å². The summed E-state index contributed by atoms with van der Waals surface area (Å²) in [5, 5.41) is 2.48. The number of alkyl halides is 3. The van der Waals surface area contributed by atoms with Crippen molar-refractivity contribution in [2.24, 2.45) is 0 Å². The first-order valence-corrected chi connectivity index (χ1v) is 14.9. The number of halogens is 3. The molecule has 2 heterocycles. The van der Waals surface area contributed by atoms with Gasteiger partial charge in [0.2, 0.25) is 0 Å². The zero-order chi connectivity index (χ0) is 32.6. The van der Waals surface area contributed by atoms with Gasteiger partial charge < -0.3 is 34.2 Å². The van der Waals surface area contributed by atoms with Crippen molar-refractivity contribution in [1.29, 1.82) is 0 Å². The summed E-state index contributed by atoms with van der Waals surface area (Å²) in [6, 6.07) is 0.769. The van der Waals surface area contributed by atoms with Crippen molar-refractivity contribution in [1.82, 2.24) is 15.1 Å². The third kappa shape index (κ3) is 6.83. The highest BCUT2D eigenvalue weighted by Gasteiger charge is 2.53. The van der Waals surface area contributed by atoms with E-state index in [2.05, 4.69) is 10.1 Å². The molecule has 2 aliphatic heterocycles. The summed E-state index contributed by atoms with van der Waals surface area (Å²) >= 11 is 0. The van der Waals surface area contributed by atoms with Crippen LogP contribution in [0.2, 0.25) is 0 Å². The molecule has 3 aliphatic rings. The Morgan fingerprint density at radius 2 is 1.84 bits per heavy atom. The van der Waals surface area contributed by atoms with Crippen LogP contribution in [-0.2, 0) is 20.4 Å². The van der Waals surface area contributed by atoms with Gasteiger partial charge in [-0.1, -0.05) is 0 Å². The highest BCUT2D eigenvalue weighted by Crippen LogP contribution is 2.49. The number of benzene rings is 1. The Labute approximate surface area is 254 Å². The number of fused-ring (bicyclic) bond motifs is 1. The Morgan fingerprint density at radius 1 is 1.16 bits per heavy atom. The molecule has 244 valence electrons. The maximum absolute atomic E-state index is 14.6. The van der Waals surface area contributed by atoms with Crippen LogP contribution in [0.4, 0.5) is 28.4 Å². The fourth-order valence-electron chi connectivity index (χ4n) is 5.89. The first kappa shape index (κ1) is 33.2. The lowest BCUT2D eigenvalue weighted by Crippen LogP contribution is -2.61. The molecule has 1 N–H and O–H groups in total. The van der Waals surface area contributed by atoms with Crippen molar-refractivity contribution >= 4 is 29.7 Å². The topological polar surface area (TPSA) is 118 Å². The van der Waals surface area contributed by atoms with Gasteiger partial charge in [-0.05, 0) is 78.9 Å². The quantitative estimate of drug-likeness (QED) is 0.475. The molecule has 14 heteroatoms. The van der Waals surface area contributed by atoms with Crippen molar-refractivity contribution in [3.8, 4) is 5.75 Å². The second kappa shape index (κ2) is 12.4. The molecule has 44 heavy (non-hydrogen) atoms. The number of alkyl carbamates (subject to hydrolysis) is 1. The fraction of sp³-hybridized carbons (Fsp3) is 0.667. The molecule has 1 aliphatic carbocycles. The summed E-state index contributed by atoms with van der Waals surface area (Å²) in [6.07, 6.45) is -3.84. The van der Waals surface area contributed by atoms with E-state index in [-0.39, 0.29) is 31.1 Å². The van der Waals surface area contributed by atoms with Crippen LogP contribution in [0.25, 0.3) is 0 Å². The minimum absolute atomic E-state index is 0.0123. The Morgan fingerprint density at radius 3 is 2.39 bits per heavy atom. The van der Waals surface area contributed by atoms with E-state index in [1.165, 1.54) is 21.8 Å². The van der Waals surface area contributed by atoms with Gasteiger partial charge in [-0.15, -0.1) is 0 Å². The second-order valence-corrected chi connectivity index (χ2v) is 12.7. The molecule has 1 saturated carbocycles. The molecular weight excluding hydrogens is 585 g/mol. The van der Waals surface area contributed by atoms with E-state index in [1.54, 1.807) is 34.6 Å². The summed E-state index contributed by atoms with van der Waals surface area (Å²) in [5.41, 5.74) is -3.82.